The summed E-state index contributed by atoms with van der Waals surface area (Å²) in [6.45, 7) is 3.71. The summed E-state index contributed by atoms with van der Waals surface area (Å²) in [6, 6.07) is 7.14. The van der Waals surface area contributed by atoms with Crippen molar-refractivity contribution in [3.63, 3.8) is 0 Å². The highest BCUT2D eigenvalue weighted by atomic mass is 32.2. The van der Waals surface area contributed by atoms with Crippen LogP contribution in [0.15, 0.2) is 52.3 Å². The Bertz CT molecular complexity index is 934. The monoisotopic (exact) mass is 359 g/mol. The molecule has 8 nitrogen and oxygen atoms in total. The van der Waals surface area contributed by atoms with E-state index < -0.39 is 10.0 Å². The number of nitrogens with one attached hydrogen (secondary N) is 2. The van der Waals surface area contributed by atoms with Gasteiger partial charge in [0, 0.05) is 18.9 Å². The topological polar surface area (TPSA) is 110 Å². The average molecular weight is 359 g/mol. The molecule has 0 aliphatic rings. The molecule has 3 heterocycles. The van der Waals surface area contributed by atoms with Crippen LogP contribution in [-0.2, 0) is 16.6 Å². The van der Waals surface area contributed by atoms with E-state index in [1.807, 2.05) is 12.1 Å². The van der Waals surface area contributed by atoms with E-state index in [-0.39, 0.29) is 10.7 Å². The molecule has 0 radical (unpaired) electrons. The quantitative estimate of drug-likeness (QED) is 0.695. The molecule has 0 atom stereocenters. The van der Waals surface area contributed by atoms with Gasteiger partial charge in [-0.25, -0.2) is 13.4 Å². The second-order valence-corrected chi connectivity index (χ2v) is 7.02. The molecule has 2 N–H and O–H groups in total. The predicted octanol–water partition coefficient (Wildman–Crippen LogP) is 2.49. The zero-order chi connectivity index (χ0) is 17.9. The van der Waals surface area contributed by atoms with Crippen LogP contribution in [0.2, 0.25) is 0 Å². The summed E-state index contributed by atoms with van der Waals surface area (Å²) >= 11 is 0. The van der Waals surface area contributed by atoms with Gasteiger partial charge in [-0.1, -0.05) is 11.2 Å². The van der Waals surface area contributed by atoms with Gasteiger partial charge in [-0.2, -0.15) is 0 Å². The number of hydrogen-bond acceptors (Lipinski definition) is 7. The van der Waals surface area contributed by atoms with Gasteiger partial charge in [0.2, 0.25) is 0 Å². The zero-order valence-corrected chi connectivity index (χ0v) is 14.5. The number of rotatable bonds is 6. The van der Waals surface area contributed by atoms with Crippen molar-refractivity contribution in [1.82, 2.24) is 15.1 Å². The van der Waals surface area contributed by atoms with Crippen LogP contribution in [0, 0.1) is 13.8 Å². The van der Waals surface area contributed by atoms with Crippen LogP contribution in [0.4, 0.5) is 11.5 Å². The first-order valence-corrected chi connectivity index (χ1v) is 8.98. The van der Waals surface area contributed by atoms with Crippen LogP contribution in [0.5, 0.6) is 0 Å². The Kier molecular flexibility index (Phi) is 4.66. The van der Waals surface area contributed by atoms with Crippen molar-refractivity contribution in [2.45, 2.75) is 25.3 Å². The molecule has 0 spiro atoms. The molecule has 0 saturated carbocycles. The SMILES string of the molecule is Cc1noc(C)c1S(=O)(=O)Nc1ccc(NCc2cccnc2)nc1. The minimum atomic E-state index is -3.77. The maximum atomic E-state index is 12.4. The highest BCUT2D eigenvalue weighted by Crippen LogP contribution is 2.22. The fraction of sp³-hybridized carbons (Fsp3) is 0.188. The van der Waals surface area contributed by atoms with E-state index in [0.29, 0.717) is 23.7 Å². The van der Waals surface area contributed by atoms with Crippen molar-refractivity contribution >= 4 is 21.5 Å². The van der Waals surface area contributed by atoms with Crippen molar-refractivity contribution in [3.05, 3.63) is 59.9 Å². The van der Waals surface area contributed by atoms with E-state index in [0.717, 1.165) is 5.56 Å². The zero-order valence-electron chi connectivity index (χ0n) is 13.7. The number of aryl methyl sites for hydroxylation is 2. The first kappa shape index (κ1) is 16.9. The Labute approximate surface area is 145 Å². The van der Waals surface area contributed by atoms with Crippen molar-refractivity contribution in [1.29, 1.82) is 0 Å². The predicted molar refractivity (Wildman–Crippen MR) is 92.6 cm³/mol. The van der Waals surface area contributed by atoms with Gasteiger partial charge in [-0.05, 0) is 37.6 Å². The van der Waals surface area contributed by atoms with Gasteiger partial charge in [0.05, 0.1) is 11.9 Å². The Morgan fingerprint density at radius 3 is 2.60 bits per heavy atom. The third kappa shape index (κ3) is 3.94. The lowest BCUT2D eigenvalue weighted by Gasteiger charge is -2.09. The first-order valence-electron chi connectivity index (χ1n) is 7.50. The Morgan fingerprint density at radius 1 is 1.16 bits per heavy atom. The van der Waals surface area contributed by atoms with Crippen LogP contribution < -0.4 is 10.0 Å². The Hall–Kier alpha value is -2.94. The normalized spacial score (nSPS) is 11.3. The summed E-state index contributed by atoms with van der Waals surface area (Å²) in [4.78, 5) is 8.29. The van der Waals surface area contributed by atoms with Crippen molar-refractivity contribution in [2.24, 2.45) is 0 Å². The second kappa shape index (κ2) is 6.89. The van der Waals surface area contributed by atoms with Crippen LogP contribution in [0.25, 0.3) is 0 Å². The number of aromatic nitrogens is 3. The number of pyridine rings is 2. The van der Waals surface area contributed by atoms with E-state index in [2.05, 4.69) is 25.2 Å². The highest BCUT2D eigenvalue weighted by Gasteiger charge is 2.24. The van der Waals surface area contributed by atoms with E-state index in [9.17, 15) is 8.42 Å². The lowest BCUT2D eigenvalue weighted by atomic mass is 10.3. The van der Waals surface area contributed by atoms with E-state index in [1.165, 1.54) is 6.20 Å². The van der Waals surface area contributed by atoms with E-state index in [1.54, 1.807) is 38.4 Å². The summed E-state index contributed by atoms with van der Waals surface area (Å²) in [5.41, 5.74) is 1.69. The van der Waals surface area contributed by atoms with Crippen molar-refractivity contribution in [2.75, 3.05) is 10.0 Å². The summed E-state index contributed by atoms with van der Waals surface area (Å²) in [7, 11) is -3.77. The van der Waals surface area contributed by atoms with Gasteiger partial charge < -0.3 is 9.84 Å². The van der Waals surface area contributed by atoms with Gasteiger partial charge in [-0.3, -0.25) is 9.71 Å². The lowest BCUT2D eigenvalue weighted by Crippen LogP contribution is -2.14. The Balaban J connectivity index is 1.68. The molecule has 0 bridgehead atoms. The fourth-order valence-corrected chi connectivity index (χ4v) is 3.69. The molecule has 0 aliphatic heterocycles. The van der Waals surface area contributed by atoms with Crippen LogP contribution in [-0.4, -0.2) is 23.5 Å². The van der Waals surface area contributed by atoms with Gasteiger partial charge in [0.1, 0.15) is 11.5 Å². The molecule has 3 aromatic rings. The van der Waals surface area contributed by atoms with Crippen molar-refractivity contribution < 1.29 is 12.9 Å². The molecule has 130 valence electrons. The molecular formula is C16H17N5O3S. The van der Waals surface area contributed by atoms with Gasteiger partial charge in [0.25, 0.3) is 10.0 Å². The molecule has 0 amide bonds. The summed E-state index contributed by atoms with van der Waals surface area (Å²) in [5, 5.41) is 6.81. The number of anilines is 2. The number of nitrogens with zero attached hydrogens (tertiary/aromatic N) is 3. The maximum absolute atomic E-state index is 12.4. The molecule has 25 heavy (non-hydrogen) atoms. The van der Waals surface area contributed by atoms with E-state index >= 15 is 0 Å². The van der Waals surface area contributed by atoms with E-state index in [4.69, 9.17) is 4.52 Å². The molecule has 3 rings (SSSR count). The molecule has 9 heteroatoms. The van der Waals surface area contributed by atoms with Gasteiger partial charge in [0.15, 0.2) is 10.7 Å². The molecule has 3 aromatic heterocycles. The first-order chi connectivity index (χ1) is 12.0. The Morgan fingerprint density at radius 2 is 2.00 bits per heavy atom. The maximum Gasteiger partial charge on any atom is 0.267 e. The summed E-state index contributed by atoms with van der Waals surface area (Å²) < 4.78 is 32.3. The van der Waals surface area contributed by atoms with Gasteiger partial charge in [-0.15, -0.1) is 0 Å². The van der Waals surface area contributed by atoms with Crippen LogP contribution in [0.1, 0.15) is 17.0 Å². The second-order valence-electron chi connectivity index (χ2n) is 5.41. The van der Waals surface area contributed by atoms with Crippen LogP contribution in [0.3, 0.4) is 0 Å². The molecule has 0 aliphatic carbocycles. The number of sulfonamides is 1. The lowest BCUT2D eigenvalue weighted by molar-refractivity contribution is 0.390. The van der Waals surface area contributed by atoms with Gasteiger partial charge >= 0.3 is 0 Å². The minimum absolute atomic E-state index is 0.0475. The molecule has 0 aromatic carbocycles. The average Bonchev–Trinajstić information content (AvgIpc) is 2.94. The molecule has 0 saturated heterocycles. The molecule has 0 fully saturated rings. The number of hydrogen-bond donors (Lipinski definition) is 2. The van der Waals surface area contributed by atoms with Crippen molar-refractivity contribution in [3.8, 4) is 0 Å². The van der Waals surface area contributed by atoms with Crippen LogP contribution >= 0.6 is 0 Å². The third-order valence-corrected chi connectivity index (χ3v) is 5.07. The minimum Gasteiger partial charge on any atom is -0.366 e. The molecule has 0 unspecified atom stereocenters. The summed E-state index contributed by atoms with van der Waals surface area (Å²) in [6.07, 6.45) is 4.92. The summed E-state index contributed by atoms with van der Waals surface area (Å²) in [5.74, 6) is 0.872. The fourth-order valence-electron chi connectivity index (χ4n) is 2.32. The smallest absolute Gasteiger partial charge is 0.267 e. The third-order valence-electron chi connectivity index (χ3n) is 3.45. The molecular weight excluding hydrogens is 342 g/mol. The standard InChI is InChI=1S/C16H17N5O3S/c1-11-16(12(2)24-20-11)25(22,23)21-14-5-6-15(19-10-14)18-9-13-4-3-7-17-8-13/h3-8,10,21H,9H2,1-2H3,(H,18,19). The highest BCUT2D eigenvalue weighted by molar-refractivity contribution is 7.92. The largest absolute Gasteiger partial charge is 0.366 e.